The number of aromatic nitrogens is 2. The lowest BCUT2D eigenvalue weighted by Gasteiger charge is -2.37. The average Bonchev–Trinajstić information content (AvgIpc) is 3.31. The highest BCUT2D eigenvalue weighted by atomic mass is 16.3. The van der Waals surface area contributed by atoms with E-state index < -0.39 is 5.54 Å². The molecule has 0 unspecified atom stereocenters. The molecule has 0 atom stereocenters. The van der Waals surface area contributed by atoms with Crippen LogP contribution in [0.1, 0.15) is 40.0 Å². The Kier molecular flexibility index (Phi) is 5.87. The molecule has 0 aliphatic rings. The topological polar surface area (TPSA) is 55.1 Å². The zero-order valence-corrected chi connectivity index (χ0v) is 16.7. The molecule has 0 amide bonds. The number of hydrogen-bond acceptors (Lipinski definition) is 3. The first-order chi connectivity index (χ1) is 14.8. The Labute approximate surface area is 176 Å². The van der Waals surface area contributed by atoms with Crippen LogP contribution in [0.5, 0.6) is 0 Å². The number of imidazole rings is 1. The molecule has 0 aliphatic carbocycles. The lowest BCUT2D eigenvalue weighted by molar-refractivity contribution is 0.0966. The summed E-state index contributed by atoms with van der Waals surface area (Å²) in [5.74, 6) is -0.0640. The molecule has 0 bridgehead atoms. The monoisotopic (exact) mass is 396 g/mol. The Morgan fingerprint density at radius 1 is 0.800 bits per heavy atom. The van der Waals surface area contributed by atoms with E-state index in [9.17, 15) is 4.79 Å². The zero-order valence-electron chi connectivity index (χ0n) is 16.7. The van der Waals surface area contributed by atoms with Gasteiger partial charge in [0.2, 0.25) is 0 Å². The van der Waals surface area contributed by atoms with Crippen molar-refractivity contribution in [3.05, 3.63) is 126 Å². The van der Waals surface area contributed by atoms with Crippen LogP contribution in [0.3, 0.4) is 0 Å². The fourth-order valence-corrected chi connectivity index (χ4v) is 4.00. The second-order valence-corrected chi connectivity index (χ2v) is 7.23. The zero-order chi connectivity index (χ0) is 20.8. The summed E-state index contributed by atoms with van der Waals surface area (Å²) in [6.07, 6.45) is 4.28. The summed E-state index contributed by atoms with van der Waals surface area (Å²) in [4.78, 5) is 17.0. The van der Waals surface area contributed by atoms with Gasteiger partial charge in [0.15, 0.2) is 5.78 Å². The lowest BCUT2D eigenvalue weighted by atomic mass is 9.77. The Balaban J connectivity index is 1.97. The van der Waals surface area contributed by atoms with Gasteiger partial charge >= 0.3 is 0 Å². The van der Waals surface area contributed by atoms with Crippen LogP contribution in [0.15, 0.2) is 104 Å². The fraction of sp³-hybridized carbons (Fsp3) is 0.154. The highest BCUT2D eigenvalue weighted by molar-refractivity contribution is 5.94. The Morgan fingerprint density at radius 2 is 1.27 bits per heavy atom. The van der Waals surface area contributed by atoms with Gasteiger partial charge < -0.3 is 9.67 Å². The van der Waals surface area contributed by atoms with Crippen molar-refractivity contribution in [2.24, 2.45) is 0 Å². The standard InChI is InChI=1S/C26H24N2O2/c29-18-10-17-25(30)24-19-28(20-27-24)26(21-11-4-1-5-12-21,22-13-6-2-7-14-22)23-15-8-3-9-16-23/h1-9,11-16,19-20,29H,10,17-18H2. The minimum atomic E-state index is -0.674. The first-order valence-electron chi connectivity index (χ1n) is 10.1. The van der Waals surface area contributed by atoms with E-state index in [1.165, 1.54) is 0 Å². The Hall–Kier alpha value is -3.50. The minimum absolute atomic E-state index is 0.00552. The van der Waals surface area contributed by atoms with Gasteiger partial charge in [-0.05, 0) is 23.1 Å². The molecule has 4 nitrogen and oxygen atoms in total. The van der Waals surface area contributed by atoms with Crippen LogP contribution in [0, 0.1) is 0 Å². The van der Waals surface area contributed by atoms with Gasteiger partial charge in [-0.15, -0.1) is 0 Å². The quantitative estimate of drug-likeness (QED) is 0.348. The molecule has 3 aromatic carbocycles. The number of nitrogens with zero attached hydrogens (tertiary/aromatic N) is 2. The molecule has 1 N–H and O–H groups in total. The summed E-state index contributed by atoms with van der Waals surface area (Å²) in [5, 5.41) is 9.06. The molecule has 4 aromatic rings. The third kappa shape index (κ3) is 3.58. The van der Waals surface area contributed by atoms with E-state index in [1.807, 2.05) is 65.4 Å². The van der Waals surface area contributed by atoms with Crippen LogP contribution in [0.2, 0.25) is 0 Å². The van der Waals surface area contributed by atoms with Crippen molar-refractivity contribution in [3.63, 3.8) is 0 Å². The van der Waals surface area contributed by atoms with Gasteiger partial charge in [0.1, 0.15) is 11.2 Å². The number of Topliss-reactive ketones (excluding diaryl/α,β-unsaturated/α-hetero) is 1. The molecular weight excluding hydrogens is 372 g/mol. The number of aliphatic hydroxyl groups excluding tert-OH is 1. The number of benzene rings is 3. The van der Waals surface area contributed by atoms with Crippen molar-refractivity contribution in [1.82, 2.24) is 9.55 Å². The summed E-state index contributed by atoms with van der Waals surface area (Å²) >= 11 is 0. The number of ketones is 1. The summed E-state index contributed by atoms with van der Waals surface area (Å²) in [6, 6.07) is 30.8. The molecule has 4 heteroatoms. The van der Waals surface area contributed by atoms with Crippen molar-refractivity contribution in [2.45, 2.75) is 18.4 Å². The summed E-state index contributed by atoms with van der Waals surface area (Å²) in [5.41, 5.74) is 2.97. The SMILES string of the molecule is O=C(CCCO)c1cn(C(c2ccccc2)(c2ccccc2)c2ccccc2)cn1. The van der Waals surface area contributed by atoms with E-state index in [0.29, 0.717) is 12.1 Å². The third-order valence-electron chi connectivity index (χ3n) is 5.39. The van der Waals surface area contributed by atoms with E-state index >= 15 is 0 Å². The van der Waals surface area contributed by atoms with Crippen LogP contribution < -0.4 is 0 Å². The van der Waals surface area contributed by atoms with Gasteiger partial charge in [0.25, 0.3) is 0 Å². The highest BCUT2D eigenvalue weighted by Gasteiger charge is 2.38. The van der Waals surface area contributed by atoms with Crippen LogP contribution in [0.4, 0.5) is 0 Å². The van der Waals surface area contributed by atoms with E-state index in [1.54, 1.807) is 6.33 Å². The number of carbonyl (C=O) groups excluding carboxylic acids is 1. The molecule has 0 fully saturated rings. The maximum absolute atomic E-state index is 12.6. The van der Waals surface area contributed by atoms with Crippen LogP contribution in [-0.4, -0.2) is 27.0 Å². The minimum Gasteiger partial charge on any atom is -0.396 e. The molecule has 0 saturated heterocycles. The average molecular weight is 396 g/mol. The molecule has 0 saturated carbocycles. The van der Waals surface area contributed by atoms with Gasteiger partial charge in [-0.25, -0.2) is 4.98 Å². The van der Waals surface area contributed by atoms with Gasteiger partial charge in [0.05, 0.1) is 6.33 Å². The smallest absolute Gasteiger partial charge is 0.182 e. The predicted octanol–water partition coefficient (Wildman–Crippen LogP) is 4.68. The maximum Gasteiger partial charge on any atom is 0.182 e. The van der Waals surface area contributed by atoms with E-state index in [2.05, 4.69) is 41.4 Å². The van der Waals surface area contributed by atoms with Crippen molar-refractivity contribution < 1.29 is 9.90 Å². The van der Waals surface area contributed by atoms with Gasteiger partial charge in [-0.1, -0.05) is 91.0 Å². The van der Waals surface area contributed by atoms with Crippen molar-refractivity contribution in [1.29, 1.82) is 0 Å². The maximum atomic E-state index is 12.6. The summed E-state index contributed by atoms with van der Waals surface area (Å²) in [6.45, 7) is -0.00552. The molecule has 0 spiro atoms. The van der Waals surface area contributed by atoms with Crippen molar-refractivity contribution in [3.8, 4) is 0 Å². The van der Waals surface area contributed by atoms with Crippen molar-refractivity contribution >= 4 is 5.78 Å². The molecule has 30 heavy (non-hydrogen) atoms. The van der Waals surface area contributed by atoms with E-state index in [-0.39, 0.29) is 18.8 Å². The van der Waals surface area contributed by atoms with Gasteiger partial charge in [0, 0.05) is 19.2 Å². The number of hydrogen-bond donors (Lipinski definition) is 1. The molecule has 0 radical (unpaired) electrons. The molecular formula is C26H24N2O2. The third-order valence-corrected chi connectivity index (χ3v) is 5.39. The number of rotatable bonds is 8. The largest absolute Gasteiger partial charge is 0.396 e. The number of carbonyl (C=O) groups is 1. The van der Waals surface area contributed by atoms with Gasteiger partial charge in [-0.3, -0.25) is 4.79 Å². The summed E-state index contributed by atoms with van der Waals surface area (Å²) in [7, 11) is 0. The molecule has 4 rings (SSSR count). The first-order valence-corrected chi connectivity index (χ1v) is 10.1. The Bertz CT molecular complexity index is 993. The van der Waals surface area contributed by atoms with Crippen LogP contribution in [-0.2, 0) is 5.54 Å². The van der Waals surface area contributed by atoms with Crippen molar-refractivity contribution in [2.75, 3.05) is 6.61 Å². The second kappa shape index (κ2) is 8.89. The Morgan fingerprint density at radius 3 is 1.70 bits per heavy atom. The normalized spacial score (nSPS) is 11.4. The second-order valence-electron chi connectivity index (χ2n) is 7.23. The van der Waals surface area contributed by atoms with Crippen LogP contribution in [0.25, 0.3) is 0 Å². The fourth-order valence-electron chi connectivity index (χ4n) is 4.00. The predicted molar refractivity (Wildman–Crippen MR) is 117 cm³/mol. The lowest BCUT2D eigenvalue weighted by Crippen LogP contribution is -2.37. The molecule has 0 aliphatic heterocycles. The molecule has 150 valence electrons. The van der Waals surface area contributed by atoms with Crippen LogP contribution >= 0.6 is 0 Å². The van der Waals surface area contributed by atoms with E-state index in [4.69, 9.17) is 5.11 Å². The first kappa shape index (κ1) is 19.8. The summed E-state index contributed by atoms with van der Waals surface area (Å²) < 4.78 is 2.03. The number of aliphatic hydroxyl groups is 1. The highest BCUT2D eigenvalue weighted by Crippen LogP contribution is 2.40. The van der Waals surface area contributed by atoms with E-state index in [0.717, 1.165) is 16.7 Å². The molecule has 1 aromatic heterocycles. The van der Waals surface area contributed by atoms with Gasteiger partial charge in [-0.2, -0.15) is 0 Å². The molecule has 1 heterocycles.